The van der Waals surface area contributed by atoms with Crippen molar-refractivity contribution in [3.05, 3.63) is 28.3 Å². The molecule has 0 saturated heterocycles. The van der Waals surface area contributed by atoms with E-state index >= 15 is 0 Å². The number of hydrogen-bond acceptors (Lipinski definition) is 6. The number of nitrogens with two attached hydrogens (primary N) is 1. The van der Waals surface area contributed by atoms with Gasteiger partial charge in [-0.25, -0.2) is 13.6 Å². The summed E-state index contributed by atoms with van der Waals surface area (Å²) in [6, 6.07) is 3.46. The van der Waals surface area contributed by atoms with Crippen molar-refractivity contribution >= 4 is 21.4 Å². The second kappa shape index (κ2) is 5.90. The Morgan fingerprint density at radius 1 is 1.19 bits per heavy atom. The van der Waals surface area contributed by atoms with Gasteiger partial charge in [0.1, 0.15) is 11.9 Å². The van der Waals surface area contributed by atoms with E-state index in [0.29, 0.717) is 17.8 Å². The number of anilines is 1. The second-order valence-electron chi connectivity index (χ2n) is 8.31. The normalized spacial score (nSPS) is 33.8. The van der Waals surface area contributed by atoms with Crippen molar-refractivity contribution in [3.63, 3.8) is 0 Å². The maximum absolute atomic E-state index is 11.5. The number of sulfonamides is 1. The van der Waals surface area contributed by atoms with Crippen molar-refractivity contribution in [1.82, 2.24) is 0 Å². The summed E-state index contributed by atoms with van der Waals surface area (Å²) in [4.78, 5) is 10.4. The summed E-state index contributed by atoms with van der Waals surface area (Å²) in [5.41, 5.74) is -0.535. The number of nitro benzene ring substituents is 1. The zero-order chi connectivity index (χ0) is 18.7. The molecule has 4 bridgehead atoms. The van der Waals surface area contributed by atoms with Gasteiger partial charge in [0.25, 0.3) is 5.69 Å². The summed E-state index contributed by atoms with van der Waals surface area (Å²) in [5, 5.41) is 30.3. The number of benzene rings is 1. The van der Waals surface area contributed by atoms with Gasteiger partial charge in [-0.05, 0) is 68.4 Å². The highest BCUT2D eigenvalue weighted by Crippen LogP contribution is 2.61. The average molecular weight is 381 g/mol. The van der Waals surface area contributed by atoms with E-state index in [0.717, 1.165) is 25.3 Å². The number of nitro groups is 1. The third-order valence-electron chi connectivity index (χ3n) is 6.45. The molecule has 0 heterocycles. The van der Waals surface area contributed by atoms with Crippen LogP contribution in [0.3, 0.4) is 0 Å². The number of nitrogens with one attached hydrogen (secondary N) is 1. The van der Waals surface area contributed by atoms with Crippen molar-refractivity contribution in [2.24, 2.45) is 28.3 Å². The highest BCUT2D eigenvalue weighted by molar-refractivity contribution is 7.89. The number of aliphatic hydroxyl groups is 1. The number of nitrogens with zero attached hydrogens (tertiary/aromatic N) is 1. The number of rotatable bonds is 5. The Hall–Kier alpha value is -1.71. The Balaban J connectivity index is 1.62. The maximum Gasteiger partial charge on any atom is 0.293 e. The summed E-state index contributed by atoms with van der Waals surface area (Å²) >= 11 is 0. The fraction of sp³-hybridized carbons (Fsp3) is 0.647. The molecule has 0 amide bonds. The van der Waals surface area contributed by atoms with Gasteiger partial charge in [0.2, 0.25) is 10.0 Å². The molecule has 1 unspecified atom stereocenters. The molecule has 1 aromatic rings. The molecule has 4 aliphatic rings. The van der Waals surface area contributed by atoms with Crippen LogP contribution in [0.25, 0.3) is 0 Å². The van der Waals surface area contributed by atoms with E-state index in [1.807, 2.05) is 0 Å². The zero-order valence-electron chi connectivity index (χ0n) is 14.3. The third kappa shape index (κ3) is 2.97. The van der Waals surface area contributed by atoms with Crippen LogP contribution in [0.4, 0.5) is 11.4 Å². The van der Waals surface area contributed by atoms with Gasteiger partial charge in [0, 0.05) is 11.5 Å². The van der Waals surface area contributed by atoms with Crippen LogP contribution in [0.2, 0.25) is 0 Å². The predicted octanol–water partition coefficient (Wildman–Crippen LogP) is 2.19. The monoisotopic (exact) mass is 381 g/mol. The molecule has 0 aromatic heterocycles. The first-order valence-corrected chi connectivity index (χ1v) is 10.5. The molecule has 8 nitrogen and oxygen atoms in total. The molecule has 0 spiro atoms. The Morgan fingerprint density at radius 3 is 2.19 bits per heavy atom. The van der Waals surface area contributed by atoms with E-state index in [1.165, 1.54) is 31.4 Å². The molecule has 4 saturated carbocycles. The lowest BCUT2D eigenvalue weighted by Crippen LogP contribution is -2.53. The maximum atomic E-state index is 11.5. The van der Waals surface area contributed by atoms with Crippen LogP contribution < -0.4 is 10.5 Å². The molecule has 26 heavy (non-hydrogen) atoms. The molecule has 1 aromatic carbocycles. The number of hydrogen-bond donors (Lipinski definition) is 3. The Kier molecular flexibility index (Phi) is 4.01. The number of aliphatic hydroxyl groups excluding tert-OH is 1. The van der Waals surface area contributed by atoms with Gasteiger partial charge in [-0.3, -0.25) is 10.1 Å². The fourth-order valence-electron chi connectivity index (χ4n) is 5.77. The van der Waals surface area contributed by atoms with Crippen molar-refractivity contribution in [2.45, 2.75) is 49.6 Å². The Bertz CT molecular complexity index is 819. The quantitative estimate of drug-likeness (QED) is 0.406. The largest absolute Gasteiger partial charge is 0.373 e. The van der Waals surface area contributed by atoms with Gasteiger partial charge in [0.15, 0.2) is 0 Å². The van der Waals surface area contributed by atoms with E-state index in [4.69, 9.17) is 5.14 Å². The second-order valence-corrected chi connectivity index (χ2v) is 9.87. The summed E-state index contributed by atoms with van der Waals surface area (Å²) in [5.74, 6) is 1.91. The van der Waals surface area contributed by atoms with Crippen LogP contribution in [-0.2, 0) is 10.0 Å². The minimum Gasteiger partial charge on any atom is -0.373 e. The fourth-order valence-corrected chi connectivity index (χ4v) is 6.31. The first-order chi connectivity index (χ1) is 12.2. The molecule has 0 aliphatic heterocycles. The van der Waals surface area contributed by atoms with Gasteiger partial charge in [-0.2, -0.15) is 0 Å². The van der Waals surface area contributed by atoms with Crippen molar-refractivity contribution in [3.8, 4) is 0 Å². The summed E-state index contributed by atoms with van der Waals surface area (Å²) in [7, 11) is -4.04. The molecule has 9 heteroatoms. The van der Waals surface area contributed by atoms with E-state index < -0.39 is 26.9 Å². The SMILES string of the molecule is NS(=O)(=O)c1ccc(NC(O)C23CC4CC(CC(C4)C2)C3)c([N+](=O)[O-])c1. The molecular weight excluding hydrogens is 358 g/mol. The van der Waals surface area contributed by atoms with Gasteiger partial charge in [-0.1, -0.05) is 0 Å². The zero-order valence-corrected chi connectivity index (χ0v) is 15.1. The molecular formula is C17H23N3O5S. The van der Waals surface area contributed by atoms with E-state index in [1.54, 1.807) is 0 Å². The van der Waals surface area contributed by atoms with Crippen LogP contribution in [0, 0.1) is 33.3 Å². The smallest absolute Gasteiger partial charge is 0.293 e. The van der Waals surface area contributed by atoms with Crippen molar-refractivity contribution in [2.75, 3.05) is 5.32 Å². The van der Waals surface area contributed by atoms with E-state index in [2.05, 4.69) is 5.32 Å². The molecule has 4 N–H and O–H groups in total. The van der Waals surface area contributed by atoms with Gasteiger partial charge < -0.3 is 10.4 Å². The van der Waals surface area contributed by atoms with Crippen molar-refractivity contribution < 1.29 is 18.4 Å². The molecule has 5 rings (SSSR count). The van der Waals surface area contributed by atoms with Gasteiger partial charge in [-0.15, -0.1) is 0 Å². The van der Waals surface area contributed by atoms with E-state index in [-0.39, 0.29) is 16.0 Å². The molecule has 4 aliphatic carbocycles. The minimum atomic E-state index is -4.04. The van der Waals surface area contributed by atoms with Crippen molar-refractivity contribution in [1.29, 1.82) is 0 Å². The lowest BCUT2D eigenvalue weighted by molar-refractivity contribution is -0.384. The lowest BCUT2D eigenvalue weighted by atomic mass is 9.49. The van der Waals surface area contributed by atoms with Crippen LogP contribution >= 0.6 is 0 Å². The topological polar surface area (TPSA) is 136 Å². The van der Waals surface area contributed by atoms with Crippen LogP contribution in [-0.4, -0.2) is 24.7 Å². The van der Waals surface area contributed by atoms with Crippen LogP contribution in [0.1, 0.15) is 38.5 Å². The summed E-state index contributed by atoms with van der Waals surface area (Å²) in [6.07, 6.45) is 5.62. The van der Waals surface area contributed by atoms with Gasteiger partial charge >= 0.3 is 0 Å². The van der Waals surface area contributed by atoms with Gasteiger partial charge in [0.05, 0.1) is 9.82 Å². The predicted molar refractivity (Wildman–Crippen MR) is 94.7 cm³/mol. The highest BCUT2D eigenvalue weighted by atomic mass is 32.2. The van der Waals surface area contributed by atoms with Crippen LogP contribution in [0.15, 0.2) is 23.1 Å². The molecule has 0 radical (unpaired) electrons. The number of primary sulfonamides is 1. The first-order valence-electron chi connectivity index (χ1n) is 8.92. The lowest BCUT2D eigenvalue weighted by Gasteiger charge is -2.58. The molecule has 1 atom stereocenters. The Labute approximate surface area is 152 Å². The van der Waals surface area contributed by atoms with Crippen LogP contribution in [0.5, 0.6) is 0 Å². The minimum absolute atomic E-state index is 0.116. The third-order valence-corrected chi connectivity index (χ3v) is 7.36. The molecule has 142 valence electrons. The average Bonchev–Trinajstić information content (AvgIpc) is 2.52. The first kappa shape index (κ1) is 17.7. The summed E-state index contributed by atoms with van der Waals surface area (Å²) < 4.78 is 22.9. The van der Waals surface area contributed by atoms with E-state index in [9.17, 15) is 23.6 Å². The summed E-state index contributed by atoms with van der Waals surface area (Å²) in [6.45, 7) is 0. The highest BCUT2D eigenvalue weighted by Gasteiger charge is 2.54. The Morgan fingerprint density at radius 2 is 1.73 bits per heavy atom. The standard InChI is InChI=1S/C17H23N3O5S/c18-26(24,25)13-1-2-14(15(6-13)20(22)23)19-16(21)17-7-10-3-11(8-17)5-12(4-10)9-17/h1-2,6,10-12,16,19,21H,3-5,7-9H2,(H2,18,24,25). The molecule has 4 fully saturated rings.